The zero-order valence-corrected chi connectivity index (χ0v) is 11.3. The minimum absolute atomic E-state index is 0.766. The van der Waals surface area contributed by atoms with Gasteiger partial charge in [-0.15, -0.1) is 0 Å². The summed E-state index contributed by atoms with van der Waals surface area (Å²) in [6.07, 6.45) is 5.43. The number of nitrogen functional groups attached to an aromatic ring is 1. The fourth-order valence-corrected chi connectivity index (χ4v) is 2.35. The van der Waals surface area contributed by atoms with Crippen LogP contribution in [-0.2, 0) is 6.54 Å². The van der Waals surface area contributed by atoms with E-state index in [0.29, 0.717) is 0 Å². The van der Waals surface area contributed by atoms with Crippen LogP contribution in [0.4, 0.5) is 11.4 Å². The Bertz CT molecular complexity index is 725. The summed E-state index contributed by atoms with van der Waals surface area (Å²) in [7, 11) is 2.03. The van der Waals surface area contributed by atoms with Crippen LogP contribution < -0.4 is 10.6 Å². The van der Waals surface area contributed by atoms with Crippen molar-refractivity contribution in [3.8, 4) is 0 Å². The average molecular weight is 264 g/mol. The highest BCUT2D eigenvalue weighted by molar-refractivity contribution is 5.97. The average Bonchev–Trinajstić information content (AvgIpc) is 2.49. The van der Waals surface area contributed by atoms with E-state index < -0.39 is 0 Å². The number of anilines is 2. The van der Waals surface area contributed by atoms with Gasteiger partial charge < -0.3 is 10.6 Å². The topological polar surface area (TPSA) is 55.0 Å². The summed E-state index contributed by atoms with van der Waals surface area (Å²) in [4.78, 5) is 10.6. The number of aromatic nitrogens is 2. The van der Waals surface area contributed by atoms with E-state index in [4.69, 9.17) is 5.73 Å². The maximum Gasteiger partial charge on any atom is 0.0724 e. The predicted molar refractivity (Wildman–Crippen MR) is 82.5 cm³/mol. The number of benzene rings is 1. The molecule has 0 radical (unpaired) electrons. The van der Waals surface area contributed by atoms with Gasteiger partial charge in [-0.25, -0.2) is 0 Å². The lowest BCUT2D eigenvalue weighted by atomic mass is 10.1. The predicted octanol–water partition coefficient (Wildman–Crippen LogP) is 2.85. The van der Waals surface area contributed by atoms with Gasteiger partial charge in [0.1, 0.15) is 0 Å². The van der Waals surface area contributed by atoms with Gasteiger partial charge in [-0.3, -0.25) is 9.97 Å². The molecule has 4 heteroatoms. The second-order valence-corrected chi connectivity index (χ2v) is 4.79. The van der Waals surface area contributed by atoms with Gasteiger partial charge in [-0.1, -0.05) is 6.07 Å². The van der Waals surface area contributed by atoms with Crippen molar-refractivity contribution in [1.82, 2.24) is 9.97 Å². The molecule has 2 aromatic heterocycles. The third-order valence-corrected chi connectivity index (χ3v) is 3.36. The molecule has 20 heavy (non-hydrogen) atoms. The Morgan fingerprint density at radius 1 is 1.10 bits per heavy atom. The van der Waals surface area contributed by atoms with E-state index in [0.717, 1.165) is 34.4 Å². The first-order valence-corrected chi connectivity index (χ1v) is 6.49. The van der Waals surface area contributed by atoms with Crippen molar-refractivity contribution in [3.63, 3.8) is 0 Å². The maximum absolute atomic E-state index is 6.28. The number of nitrogens with two attached hydrogens (primary N) is 1. The normalized spacial score (nSPS) is 10.7. The molecule has 0 spiro atoms. The molecule has 1 aromatic carbocycles. The fraction of sp³-hybridized carbons (Fsp3) is 0.125. The van der Waals surface area contributed by atoms with Crippen molar-refractivity contribution in [3.05, 3.63) is 60.6 Å². The summed E-state index contributed by atoms with van der Waals surface area (Å²) in [6.45, 7) is 0.768. The molecule has 0 bridgehead atoms. The summed E-state index contributed by atoms with van der Waals surface area (Å²) >= 11 is 0. The fourth-order valence-electron chi connectivity index (χ4n) is 2.35. The highest BCUT2D eigenvalue weighted by atomic mass is 15.1. The van der Waals surface area contributed by atoms with Crippen LogP contribution in [-0.4, -0.2) is 17.0 Å². The van der Waals surface area contributed by atoms with Crippen LogP contribution in [0.25, 0.3) is 10.9 Å². The molecular weight excluding hydrogens is 248 g/mol. The van der Waals surface area contributed by atoms with Crippen molar-refractivity contribution in [2.45, 2.75) is 6.54 Å². The number of nitrogens with zero attached hydrogens (tertiary/aromatic N) is 3. The lowest BCUT2D eigenvalue weighted by Crippen LogP contribution is -2.18. The second-order valence-electron chi connectivity index (χ2n) is 4.79. The quantitative estimate of drug-likeness (QED) is 0.739. The molecular formula is C16H16N4. The van der Waals surface area contributed by atoms with Gasteiger partial charge in [-0.2, -0.15) is 0 Å². The molecule has 0 atom stereocenters. The zero-order valence-electron chi connectivity index (χ0n) is 11.3. The molecule has 0 aliphatic carbocycles. The van der Waals surface area contributed by atoms with E-state index in [1.165, 1.54) is 0 Å². The molecule has 3 rings (SSSR count). The lowest BCUT2D eigenvalue weighted by Gasteiger charge is -2.21. The van der Waals surface area contributed by atoms with E-state index >= 15 is 0 Å². The van der Waals surface area contributed by atoms with Gasteiger partial charge in [-0.05, 0) is 35.9 Å². The van der Waals surface area contributed by atoms with Crippen molar-refractivity contribution in [2.24, 2.45) is 0 Å². The first-order valence-electron chi connectivity index (χ1n) is 6.49. The van der Waals surface area contributed by atoms with Crippen molar-refractivity contribution in [1.29, 1.82) is 0 Å². The Morgan fingerprint density at radius 3 is 2.75 bits per heavy atom. The molecule has 0 fully saturated rings. The summed E-state index contributed by atoms with van der Waals surface area (Å²) in [5.41, 5.74) is 10.1. The van der Waals surface area contributed by atoms with Crippen molar-refractivity contribution in [2.75, 3.05) is 17.7 Å². The Hall–Kier alpha value is -2.62. The SMILES string of the molecule is CN(Cc1cccnc1)c1ccc2ncccc2c1N. The summed E-state index contributed by atoms with van der Waals surface area (Å²) in [5, 5.41) is 0.989. The Labute approximate surface area is 117 Å². The monoisotopic (exact) mass is 264 g/mol. The van der Waals surface area contributed by atoms with Crippen LogP contribution in [0.5, 0.6) is 0 Å². The van der Waals surface area contributed by atoms with E-state index in [1.54, 1.807) is 12.4 Å². The van der Waals surface area contributed by atoms with Gasteiger partial charge in [0, 0.05) is 37.6 Å². The van der Waals surface area contributed by atoms with Crippen LogP contribution in [0.2, 0.25) is 0 Å². The minimum atomic E-state index is 0.766. The third-order valence-electron chi connectivity index (χ3n) is 3.36. The first-order chi connectivity index (χ1) is 9.75. The number of rotatable bonds is 3. The maximum atomic E-state index is 6.28. The Balaban J connectivity index is 1.95. The van der Waals surface area contributed by atoms with Crippen LogP contribution in [0.3, 0.4) is 0 Å². The van der Waals surface area contributed by atoms with Crippen LogP contribution >= 0.6 is 0 Å². The molecule has 4 nitrogen and oxygen atoms in total. The second kappa shape index (κ2) is 5.17. The van der Waals surface area contributed by atoms with E-state index in [2.05, 4.69) is 20.9 Å². The first kappa shape index (κ1) is 12.4. The molecule has 0 saturated carbocycles. The molecule has 0 aliphatic rings. The number of hydrogen-bond donors (Lipinski definition) is 1. The van der Waals surface area contributed by atoms with E-state index in [1.807, 2.05) is 43.6 Å². The van der Waals surface area contributed by atoms with Gasteiger partial charge >= 0.3 is 0 Å². The summed E-state index contributed by atoms with van der Waals surface area (Å²) < 4.78 is 0. The van der Waals surface area contributed by atoms with Crippen molar-refractivity contribution >= 4 is 22.3 Å². The highest BCUT2D eigenvalue weighted by Crippen LogP contribution is 2.30. The van der Waals surface area contributed by atoms with Gasteiger partial charge in [0.25, 0.3) is 0 Å². The lowest BCUT2D eigenvalue weighted by molar-refractivity contribution is 0.917. The molecule has 0 saturated heterocycles. The Kier molecular flexibility index (Phi) is 3.21. The van der Waals surface area contributed by atoms with Crippen LogP contribution in [0.15, 0.2) is 55.0 Å². The summed E-state index contributed by atoms with van der Waals surface area (Å²) in [5.74, 6) is 0. The van der Waals surface area contributed by atoms with E-state index in [9.17, 15) is 0 Å². The molecule has 2 N–H and O–H groups in total. The molecule has 2 heterocycles. The van der Waals surface area contributed by atoms with Gasteiger partial charge in [0.2, 0.25) is 0 Å². The Morgan fingerprint density at radius 2 is 1.95 bits per heavy atom. The zero-order chi connectivity index (χ0) is 13.9. The third kappa shape index (κ3) is 2.28. The standard InChI is InChI=1S/C16H16N4/c1-20(11-12-4-2-8-18-10-12)15-7-6-14-13(16(15)17)5-3-9-19-14/h2-10H,11,17H2,1H3. The molecule has 0 amide bonds. The smallest absolute Gasteiger partial charge is 0.0724 e. The molecule has 3 aromatic rings. The van der Waals surface area contributed by atoms with Gasteiger partial charge in [0.05, 0.1) is 16.9 Å². The van der Waals surface area contributed by atoms with Crippen molar-refractivity contribution < 1.29 is 0 Å². The van der Waals surface area contributed by atoms with Gasteiger partial charge in [0.15, 0.2) is 0 Å². The highest BCUT2D eigenvalue weighted by Gasteiger charge is 2.09. The van der Waals surface area contributed by atoms with Crippen LogP contribution in [0, 0.1) is 0 Å². The van der Waals surface area contributed by atoms with E-state index in [-0.39, 0.29) is 0 Å². The minimum Gasteiger partial charge on any atom is -0.396 e. The number of fused-ring (bicyclic) bond motifs is 1. The molecule has 0 aliphatic heterocycles. The largest absolute Gasteiger partial charge is 0.396 e. The molecule has 100 valence electrons. The number of hydrogen-bond acceptors (Lipinski definition) is 4. The number of pyridine rings is 2. The summed E-state index contributed by atoms with van der Waals surface area (Å²) in [6, 6.07) is 11.9. The molecule has 0 unspecified atom stereocenters. The van der Waals surface area contributed by atoms with Crippen LogP contribution in [0.1, 0.15) is 5.56 Å².